The van der Waals surface area contributed by atoms with Crippen LogP contribution in [-0.2, 0) is 18.9 Å². The zero-order chi connectivity index (χ0) is 44.4. The summed E-state index contributed by atoms with van der Waals surface area (Å²) in [5, 5.41) is 44.9. The van der Waals surface area contributed by atoms with E-state index < -0.39 is 24.4 Å². The van der Waals surface area contributed by atoms with Gasteiger partial charge in [-0.05, 0) is 73.6 Å². The Kier molecular flexibility index (Phi) is 34.8. The van der Waals surface area contributed by atoms with Gasteiger partial charge in [-0.2, -0.15) is 0 Å². The van der Waals surface area contributed by atoms with Crippen LogP contribution in [0.1, 0.15) is 158 Å². The van der Waals surface area contributed by atoms with Gasteiger partial charge in [-0.25, -0.2) is 0 Å². The van der Waals surface area contributed by atoms with Gasteiger partial charge in [0.1, 0.15) is 0 Å². The van der Waals surface area contributed by atoms with Crippen molar-refractivity contribution in [2.75, 3.05) is 88.8 Å². The second kappa shape index (κ2) is 36.9. The molecule has 0 aliphatic rings. The van der Waals surface area contributed by atoms with Crippen LogP contribution in [-0.4, -0.2) is 124 Å². The van der Waals surface area contributed by atoms with Gasteiger partial charge in [0, 0.05) is 64.0 Å². The minimum Gasteiger partial charge on any atom is -0.389 e. The van der Waals surface area contributed by atoms with Crippen molar-refractivity contribution in [2.45, 2.75) is 183 Å². The lowest BCUT2D eigenvalue weighted by atomic mass is 10.0. The van der Waals surface area contributed by atoms with E-state index in [0.717, 1.165) is 88.4 Å². The SMILES string of the molecule is CCCCC(CC)COCC(O)CN(CC(O)COCC(CC)CCCC)c1ccc(N(CC(O)COCC(CC)CCCC)CC(O)COCC(CC)CCCC)cc1. The average molecular weight is 853 g/mol. The zero-order valence-corrected chi connectivity index (χ0v) is 40.0. The number of aliphatic hydroxyl groups excluding tert-OH is 4. The average Bonchev–Trinajstić information content (AvgIpc) is 3.25. The molecule has 1 rings (SSSR count). The molecule has 354 valence electrons. The normalized spacial score (nSPS) is 15.9. The highest BCUT2D eigenvalue weighted by Crippen LogP contribution is 2.24. The summed E-state index contributed by atoms with van der Waals surface area (Å²) in [4.78, 5) is 4.02. The molecule has 0 aliphatic heterocycles. The maximum absolute atomic E-state index is 11.2. The zero-order valence-electron chi connectivity index (χ0n) is 40.0. The molecular weight excluding hydrogens is 757 g/mol. The van der Waals surface area contributed by atoms with Gasteiger partial charge in [-0.15, -0.1) is 0 Å². The van der Waals surface area contributed by atoms with Gasteiger partial charge in [0.25, 0.3) is 0 Å². The van der Waals surface area contributed by atoms with Crippen LogP contribution in [0.3, 0.4) is 0 Å². The van der Waals surface area contributed by atoms with E-state index in [4.69, 9.17) is 18.9 Å². The minimum absolute atomic E-state index is 0.225. The Bertz CT molecular complexity index is 940. The van der Waals surface area contributed by atoms with E-state index in [2.05, 4.69) is 55.4 Å². The molecule has 1 aromatic rings. The van der Waals surface area contributed by atoms with E-state index in [1.165, 1.54) is 25.7 Å². The summed E-state index contributed by atoms with van der Waals surface area (Å²) in [5.41, 5.74) is 1.70. The number of hydrogen-bond acceptors (Lipinski definition) is 10. The molecule has 8 atom stereocenters. The second-order valence-electron chi connectivity index (χ2n) is 17.8. The number of aliphatic hydroxyl groups is 4. The van der Waals surface area contributed by atoms with E-state index in [9.17, 15) is 20.4 Å². The van der Waals surface area contributed by atoms with Crippen molar-refractivity contribution < 1.29 is 39.4 Å². The van der Waals surface area contributed by atoms with Crippen molar-refractivity contribution in [1.82, 2.24) is 0 Å². The fourth-order valence-corrected chi connectivity index (χ4v) is 7.75. The van der Waals surface area contributed by atoms with E-state index in [1.54, 1.807) is 0 Å². The van der Waals surface area contributed by atoms with Crippen LogP contribution in [0.5, 0.6) is 0 Å². The molecule has 8 unspecified atom stereocenters. The third-order valence-corrected chi connectivity index (χ3v) is 12.1. The maximum atomic E-state index is 11.2. The summed E-state index contributed by atoms with van der Waals surface area (Å²) in [7, 11) is 0. The molecule has 0 heterocycles. The number of ether oxygens (including phenoxy) is 4. The highest BCUT2D eigenvalue weighted by Gasteiger charge is 2.22. The minimum atomic E-state index is -0.745. The van der Waals surface area contributed by atoms with E-state index in [0.29, 0.717) is 76.3 Å². The van der Waals surface area contributed by atoms with Gasteiger partial charge in [0.05, 0.1) is 50.8 Å². The highest BCUT2D eigenvalue weighted by molar-refractivity contribution is 5.57. The first-order valence-electron chi connectivity index (χ1n) is 24.7. The van der Waals surface area contributed by atoms with E-state index in [-0.39, 0.29) is 26.4 Å². The Morgan fingerprint density at radius 3 is 0.767 bits per heavy atom. The molecule has 0 bridgehead atoms. The number of benzene rings is 1. The van der Waals surface area contributed by atoms with Crippen LogP contribution >= 0.6 is 0 Å². The highest BCUT2D eigenvalue weighted by atomic mass is 16.5. The van der Waals surface area contributed by atoms with Crippen molar-refractivity contribution in [1.29, 1.82) is 0 Å². The van der Waals surface area contributed by atoms with Crippen LogP contribution in [0.25, 0.3) is 0 Å². The number of anilines is 2. The predicted octanol–water partition coefficient (Wildman–Crippen LogP) is 9.68. The largest absolute Gasteiger partial charge is 0.389 e. The van der Waals surface area contributed by atoms with Crippen molar-refractivity contribution in [3.8, 4) is 0 Å². The number of rotatable bonds is 42. The van der Waals surface area contributed by atoms with Crippen LogP contribution < -0.4 is 9.80 Å². The standard InChI is InChI=1S/C50H96N2O8/c1-9-17-21-41(13-5)33-57-37-47(53)29-51(30-48(54)38-58-34-42(14-6)22-18-10-2)45-25-27-46(28-26-45)52(31-49(55)39-59-35-43(15-7)23-19-11-3)32-50(56)40-60-36-44(16-8)24-20-12-4/h25-28,41-44,47-50,53-56H,9-24,29-40H2,1-8H3. The first-order chi connectivity index (χ1) is 29.1. The Morgan fingerprint density at radius 2 is 0.583 bits per heavy atom. The monoisotopic (exact) mass is 853 g/mol. The first-order valence-corrected chi connectivity index (χ1v) is 24.7. The second-order valence-corrected chi connectivity index (χ2v) is 17.8. The molecule has 10 nitrogen and oxygen atoms in total. The van der Waals surface area contributed by atoms with E-state index >= 15 is 0 Å². The van der Waals surface area contributed by atoms with Crippen molar-refractivity contribution in [3.05, 3.63) is 24.3 Å². The summed E-state index contributed by atoms with van der Waals surface area (Å²) in [6.07, 6.45) is 15.1. The molecule has 0 saturated carbocycles. The number of unbranched alkanes of at least 4 members (excludes halogenated alkanes) is 4. The third-order valence-electron chi connectivity index (χ3n) is 12.1. The quantitative estimate of drug-likeness (QED) is 0.0506. The van der Waals surface area contributed by atoms with Crippen molar-refractivity contribution in [2.24, 2.45) is 23.7 Å². The Labute approximate surface area is 369 Å². The fourth-order valence-electron chi connectivity index (χ4n) is 7.75. The molecule has 1 aromatic carbocycles. The molecule has 0 aromatic heterocycles. The molecule has 0 fully saturated rings. The Balaban J connectivity index is 3.19. The van der Waals surface area contributed by atoms with Crippen molar-refractivity contribution in [3.63, 3.8) is 0 Å². The topological polar surface area (TPSA) is 124 Å². The summed E-state index contributed by atoms with van der Waals surface area (Å²) in [5.74, 6) is 1.95. The molecule has 0 saturated heterocycles. The molecule has 0 aliphatic carbocycles. The smallest absolute Gasteiger partial charge is 0.0948 e. The van der Waals surface area contributed by atoms with Crippen LogP contribution in [0.2, 0.25) is 0 Å². The van der Waals surface area contributed by atoms with E-state index in [1.807, 2.05) is 34.1 Å². The van der Waals surface area contributed by atoms with Crippen LogP contribution in [0, 0.1) is 23.7 Å². The maximum Gasteiger partial charge on any atom is 0.0948 e. The van der Waals surface area contributed by atoms with Gasteiger partial charge in [-0.3, -0.25) is 0 Å². The summed E-state index contributed by atoms with van der Waals surface area (Å²) >= 11 is 0. The third kappa shape index (κ3) is 26.9. The van der Waals surface area contributed by atoms with Crippen LogP contribution in [0.15, 0.2) is 24.3 Å². The fraction of sp³-hybridized carbons (Fsp3) is 0.880. The Hall–Kier alpha value is -1.50. The molecule has 0 spiro atoms. The van der Waals surface area contributed by atoms with Gasteiger partial charge in [-0.1, -0.05) is 132 Å². The molecular formula is C50H96N2O8. The van der Waals surface area contributed by atoms with Gasteiger partial charge >= 0.3 is 0 Å². The van der Waals surface area contributed by atoms with Gasteiger partial charge in [0.2, 0.25) is 0 Å². The lowest BCUT2D eigenvalue weighted by Gasteiger charge is -2.32. The molecule has 4 N–H and O–H groups in total. The molecule has 60 heavy (non-hydrogen) atoms. The predicted molar refractivity (Wildman–Crippen MR) is 251 cm³/mol. The summed E-state index contributed by atoms with van der Waals surface area (Å²) in [6, 6.07) is 7.96. The van der Waals surface area contributed by atoms with Crippen molar-refractivity contribution >= 4 is 11.4 Å². The van der Waals surface area contributed by atoms with Crippen LogP contribution in [0.4, 0.5) is 11.4 Å². The molecule has 0 amide bonds. The lowest BCUT2D eigenvalue weighted by Crippen LogP contribution is -2.42. The number of hydrogen-bond donors (Lipinski definition) is 4. The van der Waals surface area contributed by atoms with Gasteiger partial charge < -0.3 is 49.2 Å². The number of nitrogens with zero attached hydrogens (tertiary/aromatic N) is 2. The Morgan fingerprint density at radius 1 is 0.367 bits per heavy atom. The van der Waals surface area contributed by atoms with Gasteiger partial charge in [0.15, 0.2) is 0 Å². The first kappa shape index (κ1) is 56.5. The molecule has 10 heteroatoms. The lowest BCUT2D eigenvalue weighted by molar-refractivity contribution is 0.0132. The summed E-state index contributed by atoms with van der Waals surface area (Å²) < 4.78 is 24.2. The summed E-state index contributed by atoms with van der Waals surface area (Å²) in [6.45, 7) is 22.2. The molecule has 0 radical (unpaired) electrons.